The van der Waals surface area contributed by atoms with E-state index in [1.165, 1.54) is 57.4 Å². The fourth-order valence-corrected chi connectivity index (χ4v) is 4.71. The number of aryl methyl sites for hydroxylation is 1. The molecule has 3 aromatic rings. The van der Waals surface area contributed by atoms with Gasteiger partial charge in [0.05, 0.1) is 0 Å². The van der Waals surface area contributed by atoms with Gasteiger partial charge < -0.3 is 0 Å². The first-order chi connectivity index (χ1) is 14.6. The molecule has 156 valence electrons. The molecule has 1 aliphatic carbocycles. The van der Waals surface area contributed by atoms with Crippen molar-refractivity contribution in [3.05, 3.63) is 89.5 Å². The van der Waals surface area contributed by atoms with Crippen molar-refractivity contribution in [1.82, 2.24) is 0 Å². The summed E-state index contributed by atoms with van der Waals surface area (Å²) in [6.45, 7) is 6.63. The Morgan fingerprint density at radius 2 is 1.70 bits per heavy atom. The van der Waals surface area contributed by atoms with Gasteiger partial charge >= 0.3 is 29.7 Å². The Balaban J connectivity index is 0.000000210. The number of benzene rings is 2. The van der Waals surface area contributed by atoms with Crippen LogP contribution >= 0.6 is 8.58 Å². The third-order valence-corrected chi connectivity index (χ3v) is 6.56. The Labute approximate surface area is 195 Å². The van der Waals surface area contributed by atoms with Gasteiger partial charge in [0, 0.05) is 0 Å². The SMILES string of the molecule is CCCCC1=[C-]CC=C1C.Cc1[cH-]c2ccccc2c1Pc1ccccc1.[F][Zr+2][F]. The van der Waals surface area contributed by atoms with Crippen LogP contribution in [0.15, 0.2) is 77.9 Å². The van der Waals surface area contributed by atoms with Gasteiger partial charge in [0.15, 0.2) is 0 Å². The summed E-state index contributed by atoms with van der Waals surface area (Å²) in [4.78, 5) is 0. The molecule has 0 amide bonds. The monoisotopic (exact) mass is 500 g/mol. The normalized spacial score (nSPS) is 12.6. The molecule has 0 N–H and O–H groups in total. The van der Waals surface area contributed by atoms with E-state index < -0.39 is 24.5 Å². The van der Waals surface area contributed by atoms with Crippen LogP contribution in [0.3, 0.4) is 0 Å². The van der Waals surface area contributed by atoms with Gasteiger partial charge in [-0.05, 0) is 5.30 Å². The molecule has 0 aromatic heterocycles. The molecule has 0 aliphatic heterocycles. The van der Waals surface area contributed by atoms with Crippen molar-refractivity contribution >= 4 is 30.0 Å². The van der Waals surface area contributed by atoms with Crippen LogP contribution in [0.2, 0.25) is 0 Å². The Morgan fingerprint density at radius 1 is 1.03 bits per heavy atom. The zero-order valence-electron chi connectivity index (χ0n) is 17.9. The molecule has 0 fully saturated rings. The summed E-state index contributed by atoms with van der Waals surface area (Å²) in [6, 6.07) is 21.7. The number of halogens is 2. The Bertz CT molecular complexity index is 958. The predicted octanol–water partition coefficient (Wildman–Crippen LogP) is 7.59. The van der Waals surface area contributed by atoms with Crippen LogP contribution in [0.4, 0.5) is 5.25 Å². The van der Waals surface area contributed by atoms with Gasteiger partial charge in [-0.25, -0.2) is 11.1 Å². The number of allylic oxidation sites excluding steroid dienone is 4. The zero-order chi connectivity index (χ0) is 21.8. The van der Waals surface area contributed by atoms with Gasteiger partial charge in [0.2, 0.25) is 0 Å². The summed E-state index contributed by atoms with van der Waals surface area (Å²) in [5.74, 6) is 0. The van der Waals surface area contributed by atoms with E-state index in [2.05, 4.69) is 93.6 Å². The van der Waals surface area contributed by atoms with E-state index in [4.69, 9.17) is 0 Å². The number of fused-ring (bicyclic) bond motifs is 1. The summed E-state index contributed by atoms with van der Waals surface area (Å²) < 4.78 is 19.6. The molecule has 1 unspecified atom stereocenters. The number of hydrogen-bond acceptors (Lipinski definition) is 0. The van der Waals surface area contributed by atoms with Crippen LogP contribution in [0.5, 0.6) is 0 Å². The molecule has 4 rings (SSSR count). The van der Waals surface area contributed by atoms with Crippen molar-refractivity contribution in [2.45, 2.75) is 46.5 Å². The summed E-state index contributed by atoms with van der Waals surface area (Å²) in [5, 5.41) is 5.68. The third-order valence-electron chi connectivity index (χ3n) is 5.02. The Morgan fingerprint density at radius 3 is 2.33 bits per heavy atom. The molecule has 0 spiro atoms. The summed E-state index contributed by atoms with van der Waals surface area (Å²) in [6.07, 6.45) is 10.5. The van der Waals surface area contributed by atoms with Crippen LogP contribution in [-0.2, 0) is 24.5 Å². The van der Waals surface area contributed by atoms with E-state index in [1.54, 1.807) is 0 Å². The first-order valence-corrected chi connectivity index (χ1v) is 13.2. The maximum absolute atomic E-state index is 9.80. The van der Waals surface area contributed by atoms with E-state index in [0.717, 1.165) is 15.0 Å². The van der Waals surface area contributed by atoms with Crippen LogP contribution in [0, 0.1) is 13.0 Å². The van der Waals surface area contributed by atoms with Crippen LogP contribution in [0.1, 0.15) is 45.1 Å². The van der Waals surface area contributed by atoms with Crippen molar-refractivity contribution in [2.24, 2.45) is 0 Å². The van der Waals surface area contributed by atoms with Gasteiger partial charge in [-0.15, -0.1) is 67.8 Å². The number of hydrogen-bond donors (Lipinski definition) is 0. The van der Waals surface area contributed by atoms with Crippen molar-refractivity contribution in [3.8, 4) is 0 Å². The van der Waals surface area contributed by atoms with Crippen LogP contribution in [0.25, 0.3) is 10.8 Å². The van der Waals surface area contributed by atoms with Crippen LogP contribution < -0.4 is 10.6 Å². The molecule has 0 bridgehead atoms. The Kier molecular flexibility index (Phi) is 11.6. The van der Waals surface area contributed by atoms with Gasteiger partial charge in [-0.1, -0.05) is 69.5 Å². The van der Waals surface area contributed by atoms with Crippen molar-refractivity contribution < 1.29 is 29.7 Å². The van der Waals surface area contributed by atoms with Gasteiger partial charge in [-0.3, -0.25) is 6.08 Å². The number of unbranched alkanes of at least 4 members (excludes halogenated alkanes) is 1. The van der Waals surface area contributed by atoms with Crippen molar-refractivity contribution in [2.75, 3.05) is 0 Å². The van der Waals surface area contributed by atoms with E-state index >= 15 is 0 Å². The topological polar surface area (TPSA) is 0 Å². The summed E-state index contributed by atoms with van der Waals surface area (Å²) in [7, 11) is 0.754. The molecular formula is C26H29F2PZr. The minimum absolute atomic E-state index is 0.754. The quantitative estimate of drug-likeness (QED) is 0.250. The first-order valence-electron chi connectivity index (χ1n) is 10.3. The van der Waals surface area contributed by atoms with Gasteiger partial charge in [-0.2, -0.15) is 6.08 Å². The third kappa shape index (κ3) is 7.75. The number of rotatable bonds is 5. The minimum atomic E-state index is -2.77. The molecule has 0 nitrogen and oxygen atoms in total. The summed E-state index contributed by atoms with van der Waals surface area (Å²) >= 11 is -2.77. The molecule has 4 heteroatoms. The second-order valence-electron chi connectivity index (χ2n) is 7.20. The molecule has 3 aromatic carbocycles. The zero-order valence-corrected chi connectivity index (χ0v) is 21.4. The van der Waals surface area contributed by atoms with Crippen molar-refractivity contribution in [3.63, 3.8) is 0 Å². The molecular weight excluding hydrogens is 472 g/mol. The molecule has 0 saturated heterocycles. The van der Waals surface area contributed by atoms with E-state index in [9.17, 15) is 5.25 Å². The summed E-state index contributed by atoms with van der Waals surface area (Å²) in [5.41, 5.74) is 4.32. The Hall–Kier alpha value is -1.30. The second-order valence-corrected chi connectivity index (χ2v) is 8.88. The molecule has 0 radical (unpaired) electrons. The van der Waals surface area contributed by atoms with Crippen molar-refractivity contribution in [1.29, 1.82) is 0 Å². The van der Waals surface area contributed by atoms with E-state index in [1.807, 2.05) is 0 Å². The first kappa shape index (κ1) is 25.0. The second kappa shape index (κ2) is 13.9. The molecule has 0 saturated carbocycles. The molecule has 1 aliphatic rings. The molecule has 30 heavy (non-hydrogen) atoms. The van der Waals surface area contributed by atoms with Crippen LogP contribution in [-0.4, -0.2) is 0 Å². The fourth-order valence-electron chi connectivity index (χ4n) is 3.43. The fraction of sp³-hybridized carbons (Fsp3) is 0.269. The van der Waals surface area contributed by atoms with E-state index in [0.29, 0.717) is 0 Å². The van der Waals surface area contributed by atoms with E-state index in [-0.39, 0.29) is 0 Å². The maximum atomic E-state index is 9.80. The van der Waals surface area contributed by atoms with Gasteiger partial charge in [0.1, 0.15) is 0 Å². The van der Waals surface area contributed by atoms with Gasteiger partial charge in [0.25, 0.3) is 0 Å². The average molecular weight is 502 g/mol. The molecule has 0 heterocycles. The average Bonchev–Trinajstić information content (AvgIpc) is 3.31. The standard InChI is InChI=1S/C16H14P.C10H15.2FH.Zr/c1-12-11-13-7-5-6-10-15(13)16(12)17-14-8-3-2-4-9-14;1-3-4-7-10-8-5-6-9(10)2;;;/h2-11,17H,1H3;6H,3-5,7H2,1-2H3;2*1H;/q2*-1;;;+4/p-2. The molecule has 1 atom stereocenters. The predicted molar refractivity (Wildman–Crippen MR) is 125 cm³/mol.